The van der Waals surface area contributed by atoms with Gasteiger partial charge in [-0.1, -0.05) is 103 Å². The lowest BCUT2D eigenvalue weighted by molar-refractivity contribution is 0.445. The molecule has 2 aromatic heterocycles. The first-order chi connectivity index (χ1) is 26.3. The number of furan rings is 1. The Morgan fingerprint density at radius 1 is 0.415 bits per heavy atom. The summed E-state index contributed by atoms with van der Waals surface area (Å²) in [6.45, 7) is 0. The van der Waals surface area contributed by atoms with Crippen LogP contribution in [0, 0.1) is 0 Å². The van der Waals surface area contributed by atoms with E-state index in [1.165, 1.54) is 11.1 Å². The Morgan fingerprint density at radius 3 is 1.87 bits per heavy atom. The van der Waals surface area contributed by atoms with E-state index in [2.05, 4.69) is 143 Å². The highest BCUT2D eigenvalue weighted by Gasteiger charge is 2.33. The van der Waals surface area contributed by atoms with Crippen LogP contribution in [0.2, 0.25) is 0 Å². The highest BCUT2D eigenvalue weighted by molar-refractivity contribution is 6.16. The normalized spacial score (nSPS) is 12.5. The van der Waals surface area contributed by atoms with Crippen LogP contribution >= 0.6 is 0 Å². The second-order valence-corrected chi connectivity index (χ2v) is 13.7. The average Bonchev–Trinajstić information content (AvgIpc) is 3.77. The van der Waals surface area contributed by atoms with E-state index in [1.807, 2.05) is 36.4 Å². The Hall–Kier alpha value is -7.24. The molecule has 10 aromatic rings. The zero-order valence-corrected chi connectivity index (χ0v) is 28.3. The van der Waals surface area contributed by atoms with Crippen molar-refractivity contribution >= 4 is 60.8 Å². The van der Waals surface area contributed by atoms with Crippen LogP contribution in [0.25, 0.3) is 71.7 Å². The molecule has 0 amide bonds. The molecule has 0 spiro atoms. The number of fused-ring (bicyclic) bond motifs is 4. The Labute approximate surface area is 304 Å². The van der Waals surface area contributed by atoms with Gasteiger partial charge in [-0.3, -0.25) is 4.57 Å². The van der Waals surface area contributed by atoms with Crippen molar-refractivity contribution in [3.8, 4) is 50.9 Å². The van der Waals surface area contributed by atoms with Gasteiger partial charge in [0.1, 0.15) is 16.9 Å². The van der Waals surface area contributed by atoms with E-state index in [4.69, 9.17) is 13.9 Å². The highest BCUT2D eigenvalue weighted by Crippen LogP contribution is 2.56. The van der Waals surface area contributed by atoms with Gasteiger partial charge in [0.2, 0.25) is 0 Å². The zero-order chi connectivity index (χ0) is 34.6. The molecule has 0 fully saturated rings. The van der Waals surface area contributed by atoms with E-state index in [-0.39, 0.29) is 0 Å². The third kappa shape index (κ3) is 4.02. The summed E-state index contributed by atoms with van der Waals surface area (Å²) in [5.41, 5.74) is 12.4. The van der Waals surface area contributed by atoms with E-state index in [9.17, 15) is 0 Å². The fourth-order valence-electron chi connectivity index (χ4n) is 8.44. The molecule has 0 N–H and O–H groups in total. The zero-order valence-electron chi connectivity index (χ0n) is 28.3. The van der Waals surface area contributed by atoms with E-state index in [0.29, 0.717) is 0 Å². The van der Waals surface area contributed by atoms with Crippen molar-refractivity contribution < 1.29 is 13.9 Å². The summed E-state index contributed by atoms with van der Waals surface area (Å²) in [4.78, 5) is 2.33. The van der Waals surface area contributed by atoms with E-state index < -0.39 is 0 Å². The molecule has 0 unspecified atom stereocenters. The lowest BCUT2D eigenvalue weighted by Gasteiger charge is -2.28. The van der Waals surface area contributed by atoms with Gasteiger partial charge in [0.15, 0.2) is 23.0 Å². The fourth-order valence-corrected chi connectivity index (χ4v) is 8.44. The maximum atomic E-state index is 6.80. The van der Waals surface area contributed by atoms with E-state index >= 15 is 0 Å². The molecule has 0 saturated heterocycles. The number of ether oxygens (including phenoxy) is 2. The van der Waals surface area contributed by atoms with Crippen molar-refractivity contribution in [3.63, 3.8) is 0 Å². The third-order valence-corrected chi connectivity index (χ3v) is 10.8. The average molecular weight is 681 g/mol. The van der Waals surface area contributed by atoms with Crippen LogP contribution in [-0.2, 0) is 0 Å². The predicted molar refractivity (Wildman–Crippen MR) is 214 cm³/mol. The van der Waals surface area contributed by atoms with Gasteiger partial charge in [-0.15, -0.1) is 0 Å². The molecule has 0 aliphatic carbocycles. The largest absolute Gasteiger partial charge is 0.456 e. The topological polar surface area (TPSA) is 39.8 Å². The molecule has 0 saturated carbocycles. The van der Waals surface area contributed by atoms with Crippen molar-refractivity contribution in [2.75, 3.05) is 4.90 Å². The molecule has 53 heavy (non-hydrogen) atoms. The van der Waals surface area contributed by atoms with Gasteiger partial charge < -0.3 is 18.8 Å². The van der Waals surface area contributed by atoms with E-state index in [1.54, 1.807) is 0 Å². The number of rotatable bonds is 5. The number of para-hydroxylation sites is 3. The van der Waals surface area contributed by atoms with Gasteiger partial charge in [0.05, 0.1) is 22.1 Å². The number of hydrogen-bond acceptors (Lipinski definition) is 4. The molecule has 12 rings (SSSR count). The highest BCUT2D eigenvalue weighted by atomic mass is 16.5. The Balaban J connectivity index is 1.03. The van der Waals surface area contributed by atoms with Gasteiger partial charge in [-0.2, -0.15) is 0 Å². The summed E-state index contributed by atoms with van der Waals surface area (Å²) in [6.07, 6.45) is 0. The molecule has 5 heteroatoms. The van der Waals surface area contributed by atoms with Crippen LogP contribution in [-0.4, -0.2) is 4.57 Å². The van der Waals surface area contributed by atoms with Crippen LogP contribution in [0.4, 0.5) is 17.1 Å². The van der Waals surface area contributed by atoms with Crippen LogP contribution in [0.15, 0.2) is 174 Å². The molecule has 0 radical (unpaired) electrons. The molecule has 0 bridgehead atoms. The molecule has 0 atom stereocenters. The summed E-state index contributed by atoms with van der Waals surface area (Å²) in [7, 11) is 0. The van der Waals surface area contributed by atoms with Gasteiger partial charge in [0.25, 0.3) is 0 Å². The minimum Gasteiger partial charge on any atom is -0.456 e. The van der Waals surface area contributed by atoms with Crippen LogP contribution < -0.4 is 14.4 Å². The lowest BCUT2D eigenvalue weighted by Crippen LogP contribution is -2.10. The molecule has 2 aliphatic rings. The van der Waals surface area contributed by atoms with Crippen molar-refractivity contribution in [1.29, 1.82) is 0 Å². The lowest BCUT2D eigenvalue weighted by atomic mass is 10.00. The molecule has 8 aromatic carbocycles. The quantitative estimate of drug-likeness (QED) is 0.181. The summed E-state index contributed by atoms with van der Waals surface area (Å²) in [6, 6.07) is 59.4. The van der Waals surface area contributed by atoms with Gasteiger partial charge in [-0.25, -0.2) is 0 Å². The molecule has 5 nitrogen and oxygen atoms in total. The number of nitrogens with zero attached hydrogens (tertiary/aromatic N) is 2. The van der Waals surface area contributed by atoms with Crippen LogP contribution in [0.3, 0.4) is 0 Å². The van der Waals surface area contributed by atoms with Gasteiger partial charge in [-0.05, 0) is 83.4 Å². The first-order valence-electron chi connectivity index (χ1n) is 17.8. The molecular weight excluding hydrogens is 653 g/mol. The number of benzene rings is 8. The van der Waals surface area contributed by atoms with E-state index in [0.717, 1.165) is 101 Å². The fraction of sp³-hybridized carbons (Fsp3) is 0. The first kappa shape index (κ1) is 28.5. The maximum Gasteiger partial charge on any atom is 0.160 e. The minimum atomic E-state index is 0.790. The molecule has 248 valence electrons. The predicted octanol–water partition coefficient (Wildman–Crippen LogP) is 13.7. The first-order valence-corrected chi connectivity index (χ1v) is 17.8. The van der Waals surface area contributed by atoms with Gasteiger partial charge in [0, 0.05) is 33.1 Å². The number of aromatic nitrogens is 1. The van der Waals surface area contributed by atoms with Crippen LogP contribution in [0.1, 0.15) is 0 Å². The second kappa shape index (κ2) is 10.6. The van der Waals surface area contributed by atoms with Crippen LogP contribution in [0.5, 0.6) is 23.0 Å². The standard InChI is InChI=1S/C48H28N2O3/c1-2-9-29(10-3-1)30-19-23-32(24-20-30)49(38-13-7-15-40-44(38)37-11-4-5-14-39(37)51-40)33-25-21-31(22-26-33)34-27-28-36-35-12-6-16-41-45(35)50-46(36)48(34)53-43-18-8-17-42(52-41)47(43)50/h1-28H. The Kier molecular flexibility index (Phi) is 5.71. The Bertz CT molecular complexity index is 3100. The van der Waals surface area contributed by atoms with Crippen molar-refractivity contribution in [1.82, 2.24) is 4.57 Å². The minimum absolute atomic E-state index is 0.790. The summed E-state index contributed by atoms with van der Waals surface area (Å²) in [5.74, 6) is 3.31. The maximum absolute atomic E-state index is 6.80. The smallest absolute Gasteiger partial charge is 0.160 e. The number of hydrogen-bond donors (Lipinski definition) is 0. The van der Waals surface area contributed by atoms with Crippen molar-refractivity contribution in [2.45, 2.75) is 0 Å². The third-order valence-electron chi connectivity index (χ3n) is 10.8. The van der Waals surface area contributed by atoms with Gasteiger partial charge >= 0.3 is 0 Å². The monoisotopic (exact) mass is 680 g/mol. The molecule has 2 aliphatic heterocycles. The summed E-state index contributed by atoms with van der Waals surface area (Å²) in [5, 5.41) is 4.47. The number of anilines is 3. The molecule has 4 heterocycles. The second-order valence-electron chi connectivity index (χ2n) is 13.7. The Morgan fingerprint density at radius 2 is 1.04 bits per heavy atom. The van der Waals surface area contributed by atoms with Crippen molar-refractivity contribution in [3.05, 3.63) is 170 Å². The SMILES string of the molecule is c1ccc(-c2ccc(N(c3ccc(-c4ccc5c6cccc7c6n6c5c4Oc4cccc(c4-6)O7)cc3)c3cccc4oc5ccccc5c34)cc2)cc1. The molecular formula is C48H28N2O3. The summed E-state index contributed by atoms with van der Waals surface area (Å²) >= 11 is 0. The van der Waals surface area contributed by atoms with Crippen molar-refractivity contribution in [2.24, 2.45) is 0 Å². The summed E-state index contributed by atoms with van der Waals surface area (Å²) < 4.78 is 21.9.